The van der Waals surface area contributed by atoms with Gasteiger partial charge in [-0.15, -0.1) is 0 Å². The molecule has 22 heavy (non-hydrogen) atoms. The van der Waals surface area contributed by atoms with Crippen molar-refractivity contribution in [1.82, 2.24) is 15.0 Å². The van der Waals surface area contributed by atoms with Crippen molar-refractivity contribution < 1.29 is 9.90 Å². The van der Waals surface area contributed by atoms with Gasteiger partial charge in [0, 0.05) is 22.5 Å². The first kappa shape index (κ1) is 14.0. The number of hydrogen-bond acceptors (Lipinski definition) is 5. The average molecular weight is 316 g/mol. The van der Waals surface area contributed by atoms with Crippen LogP contribution in [0, 0.1) is 5.41 Å². The van der Waals surface area contributed by atoms with Gasteiger partial charge in [0.25, 0.3) is 0 Å². The number of nitrogen functional groups attached to an aromatic ring is 1. The monoisotopic (exact) mass is 315 g/mol. The Morgan fingerprint density at radius 2 is 2.14 bits per heavy atom. The fourth-order valence-corrected chi connectivity index (χ4v) is 2.25. The Labute approximate surface area is 129 Å². The molecule has 110 valence electrons. The number of anilines is 1. The Hall–Kier alpha value is -2.93. The summed E-state index contributed by atoms with van der Waals surface area (Å²) in [7, 11) is 0. The van der Waals surface area contributed by atoms with E-state index in [0.717, 1.165) is 0 Å². The Kier molecular flexibility index (Phi) is 3.26. The summed E-state index contributed by atoms with van der Waals surface area (Å²) in [6.45, 7) is 0. The van der Waals surface area contributed by atoms with E-state index in [1.54, 1.807) is 12.1 Å². The molecule has 5 N–H and O–H groups in total. The number of rotatable bonds is 3. The SMILES string of the molecule is N=C(c1cnc2[nH]cc(C(=O)O)c2n1)c1ccc(Cl)cc1N. The number of halogens is 1. The van der Waals surface area contributed by atoms with Gasteiger partial charge in [0.2, 0.25) is 0 Å². The van der Waals surface area contributed by atoms with Crippen molar-refractivity contribution in [2.24, 2.45) is 0 Å². The molecule has 0 fully saturated rings. The van der Waals surface area contributed by atoms with Crippen molar-refractivity contribution in [2.75, 3.05) is 5.73 Å². The molecule has 0 unspecified atom stereocenters. The molecule has 0 amide bonds. The van der Waals surface area contributed by atoms with Gasteiger partial charge in [-0.1, -0.05) is 11.6 Å². The van der Waals surface area contributed by atoms with Gasteiger partial charge < -0.3 is 15.8 Å². The first-order valence-corrected chi connectivity index (χ1v) is 6.57. The molecule has 0 radical (unpaired) electrons. The maximum atomic E-state index is 11.1. The van der Waals surface area contributed by atoms with Crippen molar-refractivity contribution in [1.29, 1.82) is 5.41 Å². The zero-order valence-corrected chi connectivity index (χ0v) is 11.8. The quantitative estimate of drug-likeness (QED) is 0.435. The van der Waals surface area contributed by atoms with E-state index < -0.39 is 5.97 Å². The van der Waals surface area contributed by atoms with Crippen LogP contribution in [0.15, 0.2) is 30.6 Å². The van der Waals surface area contributed by atoms with Crippen LogP contribution >= 0.6 is 11.6 Å². The van der Waals surface area contributed by atoms with Crippen molar-refractivity contribution >= 4 is 40.1 Å². The van der Waals surface area contributed by atoms with E-state index in [1.165, 1.54) is 18.5 Å². The van der Waals surface area contributed by atoms with E-state index in [1.807, 2.05) is 0 Å². The van der Waals surface area contributed by atoms with E-state index in [-0.39, 0.29) is 22.5 Å². The first-order valence-electron chi connectivity index (χ1n) is 6.19. The fraction of sp³-hybridized carbons (Fsp3) is 0. The van der Waals surface area contributed by atoms with Crippen molar-refractivity contribution in [2.45, 2.75) is 0 Å². The molecule has 0 bridgehead atoms. The minimum Gasteiger partial charge on any atom is -0.478 e. The van der Waals surface area contributed by atoms with Crippen LogP contribution in [0.2, 0.25) is 5.02 Å². The normalized spacial score (nSPS) is 10.8. The number of nitrogens with zero attached hydrogens (tertiary/aromatic N) is 2. The van der Waals surface area contributed by atoms with Gasteiger partial charge in [0.05, 0.1) is 11.9 Å². The second-order valence-electron chi connectivity index (χ2n) is 4.57. The van der Waals surface area contributed by atoms with Gasteiger partial charge in [-0.2, -0.15) is 0 Å². The molecule has 7 nitrogen and oxygen atoms in total. The fourth-order valence-electron chi connectivity index (χ4n) is 2.07. The summed E-state index contributed by atoms with van der Waals surface area (Å²) < 4.78 is 0. The van der Waals surface area contributed by atoms with E-state index in [9.17, 15) is 4.79 Å². The third-order valence-electron chi connectivity index (χ3n) is 3.15. The van der Waals surface area contributed by atoms with Gasteiger partial charge in [0.1, 0.15) is 16.8 Å². The number of aromatic nitrogens is 3. The number of carbonyl (C=O) groups is 1. The number of benzene rings is 1. The lowest BCUT2D eigenvalue weighted by Gasteiger charge is -2.07. The molecule has 8 heteroatoms. The lowest BCUT2D eigenvalue weighted by Crippen LogP contribution is -2.08. The minimum atomic E-state index is -1.12. The Bertz CT molecular complexity index is 919. The van der Waals surface area contributed by atoms with Crippen LogP contribution in [-0.2, 0) is 0 Å². The molecule has 0 aliphatic rings. The summed E-state index contributed by atoms with van der Waals surface area (Å²) in [5.74, 6) is -1.12. The minimum absolute atomic E-state index is 0.00114. The molecule has 2 heterocycles. The number of aromatic amines is 1. The van der Waals surface area contributed by atoms with Gasteiger partial charge in [-0.3, -0.25) is 5.41 Å². The summed E-state index contributed by atoms with van der Waals surface area (Å²) in [4.78, 5) is 22.2. The zero-order chi connectivity index (χ0) is 15.9. The molecule has 3 aromatic rings. The molecule has 1 aromatic carbocycles. The van der Waals surface area contributed by atoms with E-state index in [0.29, 0.717) is 21.9 Å². The standard InChI is InChI=1S/C14H10ClN5O2/c15-6-1-2-7(9(16)3-6)11(17)10-5-19-13-12(20-10)8(4-18-13)14(21)22/h1-5,17H,16H2,(H,18,19)(H,21,22). The van der Waals surface area contributed by atoms with E-state index in [4.69, 9.17) is 27.9 Å². The number of aromatic carboxylic acids is 1. The smallest absolute Gasteiger partial charge is 0.339 e. The number of fused-ring (bicyclic) bond motifs is 1. The topological polar surface area (TPSA) is 129 Å². The summed E-state index contributed by atoms with van der Waals surface area (Å²) in [5, 5.41) is 17.8. The Morgan fingerprint density at radius 1 is 1.36 bits per heavy atom. The van der Waals surface area contributed by atoms with Gasteiger partial charge in [-0.25, -0.2) is 14.8 Å². The second kappa shape index (κ2) is 5.12. The molecule has 0 aliphatic carbocycles. The third kappa shape index (κ3) is 2.27. The second-order valence-corrected chi connectivity index (χ2v) is 5.00. The van der Waals surface area contributed by atoms with Crippen molar-refractivity contribution in [3.05, 3.63) is 52.4 Å². The van der Waals surface area contributed by atoms with Crippen LogP contribution in [0.5, 0.6) is 0 Å². The number of nitrogens with two attached hydrogens (primary N) is 1. The first-order chi connectivity index (χ1) is 10.5. The van der Waals surface area contributed by atoms with Crippen LogP contribution in [0.4, 0.5) is 5.69 Å². The number of carboxylic acids is 1. The molecular weight excluding hydrogens is 306 g/mol. The highest BCUT2D eigenvalue weighted by molar-refractivity contribution is 6.31. The van der Waals surface area contributed by atoms with E-state index >= 15 is 0 Å². The molecule has 3 rings (SSSR count). The molecule has 0 saturated carbocycles. The summed E-state index contributed by atoms with van der Waals surface area (Å²) in [5.41, 5.74) is 7.46. The van der Waals surface area contributed by atoms with Crippen molar-refractivity contribution in [3.8, 4) is 0 Å². The predicted octanol–water partition coefficient (Wildman–Crippen LogP) is 2.31. The predicted molar refractivity (Wildman–Crippen MR) is 82.6 cm³/mol. The maximum Gasteiger partial charge on any atom is 0.339 e. The van der Waals surface area contributed by atoms with E-state index in [2.05, 4.69) is 15.0 Å². The Morgan fingerprint density at radius 3 is 2.82 bits per heavy atom. The number of carboxylic acid groups (broad SMARTS) is 1. The van der Waals surface area contributed by atoms with Gasteiger partial charge in [-0.05, 0) is 18.2 Å². The number of H-pyrrole nitrogens is 1. The number of hydrogen-bond donors (Lipinski definition) is 4. The van der Waals surface area contributed by atoms with Crippen LogP contribution in [0.3, 0.4) is 0 Å². The highest BCUT2D eigenvalue weighted by Gasteiger charge is 2.16. The highest BCUT2D eigenvalue weighted by atomic mass is 35.5. The average Bonchev–Trinajstić information content (AvgIpc) is 2.89. The van der Waals surface area contributed by atoms with Crippen LogP contribution in [0.25, 0.3) is 11.2 Å². The van der Waals surface area contributed by atoms with Crippen LogP contribution in [0.1, 0.15) is 21.6 Å². The third-order valence-corrected chi connectivity index (χ3v) is 3.39. The molecule has 0 saturated heterocycles. The van der Waals surface area contributed by atoms with Crippen molar-refractivity contribution in [3.63, 3.8) is 0 Å². The lowest BCUT2D eigenvalue weighted by atomic mass is 10.1. The summed E-state index contributed by atoms with van der Waals surface area (Å²) in [6, 6.07) is 4.77. The summed E-state index contributed by atoms with van der Waals surface area (Å²) >= 11 is 5.84. The number of nitrogens with one attached hydrogen (secondary N) is 2. The molecule has 2 aromatic heterocycles. The largest absolute Gasteiger partial charge is 0.478 e. The lowest BCUT2D eigenvalue weighted by molar-refractivity contribution is 0.0699. The summed E-state index contributed by atoms with van der Waals surface area (Å²) in [6.07, 6.45) is 2.71. The Balaban J connectivity index is 2.11. The van der Waals surface area contributed by atoms with Gasteiger partial charge in [0.15, 0.2) is 5.65 Å². The van der Waals surface area contributed by atoms with Crippen LogP contribution < -0.4 is 5.73 Å². The maximum absolute atomic E-state index is 11.1. The molecule has 0 aliphatic heterocycles. The van der Waals surface area contributed by atoms with Crippen LogP contribution in [-0.4, -0.2) is 31.7 Å². The molecule has 0 spiro atoms. The zero-order valence-electron chi connectivity index (χ0n) is 11.1. The highest BCUT2D eigenvalue weighted by Crippen LogP contribution is 2.21. The molecule has 0 atom stereocenters. The molecular formula is C14H10ClN5O2. The van der Waals surface area contributed by atoms with Gasteiger partial charge >= 0.3 is 5.97 Å².